The van der Waals surface area contributed by atoms with Crippen molar-refractivity contribution in [3.63, 3.8) is 0 Å². The summed E-state index contributed by atoms with van der Waals surface area (Å²) in [6.07, 6.45) is 0.523. The number of carbonyl (C=O) groups excluding carboxylic acids is 2. The molecule has 46 heavy (non-hydrogen) atoms. The Morgan fingerprint density at radius 2 is 1.33 bits per heavy atom. The summed E-state index contributed by atoms with van der Waals surface area (Å²) in [5, 5.41) is 9.04. The number of aromatic carboxylic acids is 1. The molecule has 0 radical (unpaired) electrons. The van der Waals surface area contributed by atoms with Crippen LogP contribution in [0.15, 0.2) is 66.7 Å². The van der Waals surface area contributed by atoms with Gasteiger partial charge in [-0.25, -0.2) is 14.4 Å². The van der Waals surface area contributed by atoms with Gasteiger partial charge in [-0.15, -0.1) is 0 Å². The van der Waals surface area contributed by atoms with Gasteiger partial charge in [-0.3, -0.25) is 0 Å². The van der Waals surface area contributed by atoms with E-state index >= 15 is 0 Å². The Bertz CT molecular complexity index is 1470. The summed E-state index contributed by atoms with van der Waals surface area (Å²) in [6, 6.07) is 14.9. The van der Waals surface area contributed by atoms with Crippen molar-refractivity contribution in [2.75, 3.05) is 31.3 Å². The van der Waals surface area contributed by atoms with Crippen LogP contribution < -0.4 is 25.7 Å². The van der Waals surface area contributed by atoms with Gasteiger partial charge in [0.1, 0.15) is 11.5 Å². The minimum absolute atomic E-state index is 0.0102. The first-order valence-corrected chi connectivity index (χ1v) is 14.4. The predicted molar refractivity (Wildman–Crippen MR) is 165 cm³/mol. The molecule has 3 aromatic carbocycles. The van der Waals surface area contributed by atoms with Crippen LogP contribution in [0.3, 0.4) is 0 Å². The Balaban J connectivity index is 1.29. The monoisotopic (exact) mass is 644 g/mol. The van der Waals surface area contributed by atoms with Crippen molar-refractivity contribution in [3.05, 3.63) is 83.4 Å². The van der Waals surface area contributed by atoms with Gasteiger partial charge >= 0.3 is 24.1 Å². The summed E-state index contributed by atoms with van der Waals surface area (Å²) in [5.74, 6) is -1.35. The Labute approximate surface area is 263 Å². The van der Waals surface area contributed by atoms with Crippen LogP contribution in [0, 0.1) is 0 Å². The lowest BCUT2D eigenvalue weighted by Crippen LogP contribution is -2.10. The van der Waals surface area contributed by atoms with E-state index in [1.807, 2.05) is 0 Å². The summed E-state index contributed by atoms with van der Waals surface area (Å²) in [4.78, 5) is 35.5. The number of nitrogen functional groups attached to an aromatic ring is 2. The van der Waals surface area contributed by atoms with Crippen LogP contribution >= 0.6 is 0 Å². The summed E-state index contributed by atoms with van der Waals surface area (Å²) in [7, 11) is 0. The highest BCUT2D eigenvalue weighted by Crippen LogP contribution is 2.31. The maximum Gasteiger partial charge on any atom is 0.389 e. The second-order valence-electron chi connectivity index (χ2n) is 10.1. The largest absolute Gasteiger partial charge is 0.494 e. The number of benzene rings is 3. The molecule has 3 rings (SSSR count). The molecule has 0 unspecified atom stereocenters. The number of carboxylic acids is 1. The van der Waals surface area contributed by atoms with Gasteiger partial charge in [0.15, 0.2) is 5.75 Å². The third-order valence-corrected chi connectivity index (χ3v) is 6.39. The second-order valence-corrected chi connectivity index (χ2v) is 10.1. The highest BCUT2D eigenvalue weighted by Gasteiger charge is 2.26. The first kappa shape index (κ1) is 35.3. The van der Waals surface area contributed by atoms with Crippen LogP contribution in [-0.2, 0) is 9.53 Å². The van der Waals surface area contributed by atoms with Gasteiger partial charge in [-0.05, 0) is 92.3 Å². The fourth-order valence-electron chi connectivity index (χ4n) is 4.04. The summed E-state index contributed by atoms with van der Waals surface area (Å²) < 4.78 is 58.0. The third-order valence-electron chi connectivity index (χ3n) is 6.39. The molecule has 5 N–H and O–H groups in total. The van der Waals surface area contributed by atoms with E-state index in [1.54, 1.807) is 30.3 Å². The highest BCUT2D eigenvalue weighted by atomic mass is 19.4. The SMILES string of the molecule is Nc1cc(C(=O)O)cc(N)c1OCCCCCCOC(=O)C=Cc1ccc(OC(=O)c2ccc(OCCCC(F)(F)F)cc2)cc1. The van der Waals surface area contributed by atoms with Gasteiger partial charge in [0, 0.05) is 12.5 Å². The molecule has 0 aliphatic heterocycles. The number of anilines is 2. The standard InChI is InChI=1S/C33H35F3N2O8/c34-33(35,36)16-5-19-43-25-13-9-23(10-14-25)32(42)46-26-11-6-22(7-12-26)8-15-29(39)44-17-3-1-2-4-18-45-30-27(37)20-24(31(40)41)21-28(30)38/h6-15,20-21H,1-5,16-19,37-38H2,(H,40,41). The number of rotatable bonds is 17. The molecule has 0 atom stereocenters. The van der Waals surface area contributed by atoms with Crippen LogP contribution in [-0.4, -0.2) is 49.0 Å². The molecule has 0 fully saturated rings. The number of alkyl halides is 3. The number of esters is 2. The fourth-order valence-corrected chi connectivity index (χ4v) is 4.04. The maximum absolute atomic E-state index is 12.4. The topological polar surface area (TPSA) is 160 Å². The molecule has 13 heteroatoms. The lowest BCUT2D eigenvalue weighted by atomic mass is 10.1. The van der Waals surface area contributed by atoms with Gasteiger partial charge in [-0.1, -0.05) is 12.1 Å². The number of carboxylic acid groups (broad SMARTS) is 1. The molecule has 0 spiro atoms. The van der Waals surface area contributed by atoms with Gasteiger partial charge in [-0.2, -0.15) is 13.2 Å². The number of unbranched alkanes of at least 4 members (excludes halogenated alkanes) is 3. The quantitative estimate of drug-likeness (QED) is 0.0475. The van der Waals surface area contributed by atoms with Crippen molar-refractivity contribution >= 4 is 35.4 Å². The van der Waals surface area contributed by atoms with Crippen LogP contribution in [0.2, 0.25) is 0 Å². The molecule has 0 amide bonds. The summed E-state index contributed by atoms with van der Waals surface area (Å²) >= 11 is 0. The van der Waals surface area contributed by atoms with Crippen molar-refractivity contribution in [2.45, 2.75) is 44.7 Å². The van der Waals surface area contributed by atoms with Crippen LogP contribution in [0.25, 0.3) is 6.08 Å². The molecular weight excluding hydrogens is 609 g/mol. The molecule has 0 saturated heterocycles. The minimum atomic E-state index is -4.23. The van der Waals surface area contributed by atoms with Crippen molar-refractivity contribution in [1.29, 1.82) is 0 Å². The van der Waals surface area contributed by atoms with E-state index in [0.29, 0.717) is 30.8 Å². The normalized spacial score (nSPS) is 11.3. The zero-order valence-electron chi connectivity index (χ0n) is 24.9. The summed E-state index contributed by atoms with van der Waals surface area (Å²) in [6.45, 7) is 0.508. The number of ether oxygens (including phenoxy) is 4. The van der Waals surface area contributed by atoms with Gasteiger partial charge in [0.2, 0.25) is 0 Å². The van der Waals surface area contributed by atoms with E-state index in [-0.39, 0.29) is 53.6 Å². The molecule has 0 aliphatic carbocycles. The van der Waals surface area contributed by atoms with Crippen LogP contribution in [0.1, 0.15) is 64.8 Å². The van der Waals surface area contributed by atoms with Gasteiger partial charge < -0.3 is 35.5 Å². The predicted octanol–water partition coefficient (Wildman–Crippen LogP) is 6.69. The van der Waals surface area contributed by atoms with E-state index in [2.05, 4.69) is 0 Å². The molecule has 3 aromatic rings. The molecule has 0 bridgehead atoms. The van der Waals surface area contributed by atoms with Crippen LogP contribution in [0.4, 0.5) is 24.5 Å². The molecule has 10 nitrogen and oxygen atoms in total. The maximum atomic E-state index is 12.4. The van der Waals surface area contributed by atoms with Crippen molar-refractivity contribution in [2.24, 2.45) is 0 Å². The third kappa shape index (κ3) is 12.4. The van der Waals surface area contributed by atoms with E-state index in [0.717, 1.165) is 12.8 Å². The molecule has 0 aromatic heterocycles. The first-order valence-electron chi connectivity index (χ1n) is 14.4. The Morgan fingerprint density at radius 3 is 1.93 bits per heavy atom. The van der Waals surface area contributed by atoms with Crippen LogP contribution in [0.5, 0.6) is 17.2 Å². The number of hydrogen-bond acceptors (Lipinski definition) is 9. The average molecular weight is 645 g/mol. The number of hydrogen-bond donors (Lipinski definition) is 3. The van der Waals surface area contributed by atoms with Crippen molar-refractivity contribution in [3.8, 4) is 17.2 Å². The van der Waals surface area contributed by atoms with Crippen molar-refractivity contribution < 1.29 is 51.6 Å². The summed E-state index contributed by atoms with van der Waals surface area (Å²) in [5.41, 5.74) is 12.9. The molecule has 246 valence electrons. The Hall–Kier alpha value is -5.20. The highest BCUT2D eigenvalue weighted by molar-refractivity contribution is 5.92. The second kappa shape index (κ2) is 17.3. The average Bonchev–Trinajstić information content (AvgIpc) is 3.01. The minimum Gasteiger partial charge on any atom is -0.494 e. The molecule has 0 aliphatic rings. The Kier molecular flexibility index (Phi) is 13.3. The number of carbonyl (C=O) groups is 3. The smallest absolute Gasteiger partial charge is 0.389 e. The van der Waals surface area contributed by atoms with Gasteiger partial charge in [0.05, 0.1) is 42.3 Å². The van der Waals surface area contributed by atoms with Gasteiger partial charge in [0.25, 0.3) is 0 Å². The zero-order valence-corrected chi connectivity index (χ0v) is 24.9. The van der Waals surface area contributed by atoms with E-state index in [1.165, 1.54) is 42.5 Å². The Morgan fingerprint density at radius 1 is 0.739 bits per heavy atom. The van der Waals surface area contributed by atoms with E-state index in [9.17, 15) is 27.6 Å². The zero-order chi connectivity index (χ0) is 33.5. The van der Waals surface area contributed by atoms with E-state index in [4.69, 9.17) is 35.5 Å². The lowest BCUT2D eigenvalue weighted by Gasteiger charge is -2.12. The van der Waals surface area contributed by atoms with E-state index < -0.39 is 30.5 Å². The first-order chi connectivity index (χ1) is 21.9. The fraction of sp³-hybridized carbons (Fsp3) is 0.303. The molecule has 0 heterocycles. The number of halogens is 3. The van der Waals surface area contributed by atoms with Crippen molar-refractivity contribution in [1.82, 2.24) is 0 Å². The number of nitrogens with two attached hydrogens (primary N) is 2. The lowest BCUT2D eigenvalue weighted by molar-refractivity contribution is -0.138. The molecular formula is C33H35F3N2O8. The molecule has 0 saturated carbocycles.